The lowest BCUT2D eigenvalue weighted by molar-refractivity contribution is -0.131. The molecule has 0 unspecified atom stereocenters. The number of alkyl carbamates (subject to hydrolysis) is 1. The summed E-state index contributed by atoms with van der Waals surface area (Å²) in [4.78, 5) is 35.3. The summed E-state index contributed by atoms with van der Waals surface area (Å²) in [5, 5.41) is 14.2. The number of carboxylic acid groups (broad SMARTS) is 1. The van der Waals surface area contributed by atoms with Crippen LogP contribution in [0.15, 0.2) is 78.9 Å². The van der Waals surface area contributed by atoms with Crippen molar-refractivity contribution in [1.82, 2.24) is 5.32 Å². The van der Waals surface area contributed by atoms with Crippen LogP contribution in [0.1, 0.15) is 36.0 Å². The number of carbonyl (C=O) groups excluding carboxylic acids is 2. The van der Waals surface area contributed by atoms with Crippen LogP contribution in [0.3, 0.4) is 0 Å². The summed E-state index contributed by atoms with van der Waals surface area (Å²) in [5.74, 6) is -1.31. The van der Waals surface area contributed by atoms with E-state index >= 15 is 0 Å². The molecule has 0 radical (unpaired) electrons. The predicted octanol–water partition coefficient (Wildman–Crippen LogP) is 5.04. The Hall–Kier alpha value is -4.39. The summed E-state index contributed by atoms with van der Waals surface area (Å²) < 4.78 is 5.53. The summed E-state index contributed by atoms with van der Waals surface area (Å²) in [7, 11) is 0. The van der Waals surface area contributed by atoms with E-state index in [0.29, 0.717) is 11.3 Å². The van der Waals surface area contributed by atoms with Crippen molar-refractivity contribution in [1.29, 1.82) is 0 Å². The molecule has 0 fully saturated rings. The molecule has 178 valence electrons. The summed E-state index contributed by atoms with van der Waals surface area (Å²) >= 11 is 0. The van der Waals surface area contributed by atoms with E-state index in [-0.39, 0.29) is 24.9 Å². The van der Waals surface area contributed by atoms with Gasteiger partial charge in [0.2, 0.25) is 5.91 Å². The largest absolute Gasteiger partial charge is 0.478 e. The third-order valence-electron chi connectivity index (χ3n) is 5.81. The molecule has 0 heterocycles. The summed E-state index contributed by atoms with van der Waals surface area (Å²) in [6.45, 7) is 1.95. The first-order valence-electron chi connectivity index (χ1n) is 11.3. The molecule has 0 saturated heterocycles. The second-order valence-corrected chi connectivity index (χ2v) is 8.42. The average molecular weight is 471 g/mol. The lowest BCUT2D eigenvalue weighted by atomic mass is 9.98. The average Bonchev–Trinajstić information content (AvgIpc) is 3.16. The molecule has 1 aliphatic carbocycles. The van der Waals surface area contributed by atoms with Crippen LogP contribution in [0.5, 0.6) is 0 Å². The molecule has 1 atom stereocenters. The molecule has 3 aromatic rings. The van der Waals surface area contributed by atoms with Crippen molar-refractivity contribution in [2.75, 3.05) is 11.9 Å². The van der Waals surface area contributed by atoms with E-state index in [0.717, 1.165) is 28.3 Å². The maximum absolute atomic E-state index is 12.4. The molecule has 0 aliphatic heterocycles. The summed E-state index contributed by atoms with van der Waals surface area (Å²) in [6.07, 6.45) is 2.02. The predicted molar refractivity (Wildman–Crippen MR) is 134 cm³/mol. The molecule has 0 spiro atoms. The molecule has 4 rings (SSSR count). The number of hydrogen-bond donors (Lipinski definition) is 3. The molecule has 0 aromatic heterocycles. The zero-order chi connectivity index (χ0) is 24.8. The maximum Gasteiger partial charge on any atom is 0.407 e. The topological polar surface area (TPSA) is 105 Å². The Balaban J connectivity index is 1.26. The van der Waals surface area contributed by atoms with E-state index in [4.69, 9.17) is 9.84 Å². The highest BCUT2D eigenvalue weighted by atomic mass is 16.5. The van der Waals surface area contributed by atoms with Crippen LogP contribution in [0.25, 0.3) is 17.2 Å². The fourth-order valence-electron chi connectivity index (χ4n) is 4.23. The van der Waals surface area contributed by atoms with E-state index in [1.807, 2.05) is 24.3 Å². The number of amides is 2. The van der Waals surface area contributed by atoms with Crippen LogP contribution in [-0.4, -0.2) is 35.7 Å². The first-order chi connectivity index (χ1) is 16.9. The highest BCUT2D eigenvalue weighted by molar-refractivity contribution is 5.91. The van der Waals surface area contributed by atoms with Gasteiger partial charge < -0.3 is 20.5 Å². The van der Waals surface area contributed by atoms with Gasteiger partial charge in [-0.15, -0.1) is 0 Å². The number of anilines is 1. The number of rotatable bonds is 8. The number of aliphatic carboxylic acids is 1. The minimum absolute atomic E-state index is 0.0277. The van der Waals surface area contributed by atoms with Crippen molar-refractivity contribution in [3.05, 3.63) is 95.6 Å². The zero-order valence-corrected chi connectivity index (χ0v) is 19.2. The van der Waals surface area contributed by atoms with E-state index < -0.39 is 18.1 Å². The Morgan fingerprint density at radius 3 is 2.14 bits per heavy atom. The standard InChI is InChI=1S/C28H26N2O5/c1-18(16-26(31)30-20-13-10-19(11-14-20)12-15-27(32)33)29-28(34)35-17-25-23-8-4-2-6-21(23)22-7-3-5-9-24(22)25/h2-15,18,25H,16-17H2,1H3,(H,29,34)(H,30,31)(H,32,33)/b15-12+/t18-/m1/s1. The number of benzene rings is 3. The Labute approximate surface area is 203 Å². The van der Waals surface area contributed by atoms with Crippen LogP contribution >= 0.6 is 0 Å². The molecule has 1 aliphatic rings. The number of carboxylic acids is 1. The van der Waals surface area contributed by atoms with Gasteiger partial charge in [-0.05, 0) is 52.9 Å². The van der Waals surface area contributed by atoms with Crippen molar-refractivity contribution >= 4 is 29.7 Å². The fraction of sp³-hybridized carbons (Fsp3) is 0.179. The van der Waals surface area contributed by atoms with Gasteiger partial charge in [-0.25, -0.2) is 9.59 Å². The molecule has 3 aromatic carbocycles. The molecular formula is C28H26N2O5. The quantitative estimate of drug-likeness (QED) is 0.400. The van der Waals surface area contributed by atoms with Crippen molar-refractivity contribution in [2.24, 2.45) is 0 Å². The number of nitrogens with one attached hydrogen (secondary N) is 2. The van der Waals surface area contributed by atoms with Crippen LogP contribution in [0, 0.1) is 0 Å². The smallest absolute Gasteiger partial charge is 0.407 e. The number of fused-ring (bicyclic) bond motifs is 3. The lowest BCUT2D eigenvalue weighted by Crippen LogP contribution is -2.36. The number of carbonyl (C=O) groups is 3. The van der Waals surface area contributed by atoms with Crippen molar-refractivity contribution in [3.8, 4) is 11.1 Å². The highest BCUT2D eigenvalue weighted by Gasteiger charge is 2.29. The van der Waals surface area contributed by atoms with Crippen molar-refractivity contribution in [2.45, 2.75) is 25.3 Å². The molecule has 3 N–H and O–H groups in total. The molecule has 2 amide bonds. The van der Waals surface area contributed by atoms with Crippen LogP contribution in [0.4, 0.5) is 10.5 Å². The van der Waals surface area contributed by atoms with Gasteiger partial charge in [0.1, 0.15) is 6.61 Å². The third-order valence-corrected chi connectivity index (χ3v) is 5.81. The molecule has 7 heteroatoms. The van der Waals surface area contributed by atoms with Crippen molar-refractivity contribution < 1.29 is 24.2 Å². The van der Waals surface area contributed by atoms with Crippen LogP contribution in [-0.2, 0) is 14.3 Å². The molecule has 35 heavy (non-hydrogen) atoms. The highest BCUT2D eigenvalue weighted by Crippen LogP contribution is 2.44. The van der Waals surface area contributed by atoms with Gasteiger partial charge in [0, 0.05) is 30.1 Å². The van der Waals surface area contributed by atoms with E-state index in [2.05, 4.69) is 34.9 Å². The fourth-order valence-corrected chi connectivity index (χ4v) is 4.23. The van der Waals surface area contributed by atoms with Crippen molar-refractivity contribution in [3.63, 3.8) is 0 Å². The number of ether oxygens (including phenoxy) is 1. The van der Waals surface area contributed by atoms with Crippen LogP contribution < -0.4 is 10.6 Å². The van der Waals surface area contributed by atoms with Gasteiger partial charge in [0.05, 0.1) is 0 Å². The minimum atomic E-state index is -1.03. The normalized spacial score (nSPS) is 13.1. The van der Waals surface area contributed by atoms with Crippen LogP contribution in [0.2, 0.25) is 0 Å². The van der Waals surface area contributed by atoms with Gasteiger partial charge >= 0.3 is 12.1 Å². The Morgan fingerprint density at radius 2 is 1.54 bits per heavy atom. The van der Waals surface area contributed by atoms with Gasteiger partial charge in [-0.3, -0.25) is 4.79 Å². The van der Waals surface area contributed by atoms with Gasteiger partial charge in [-0.1, -0.05) is 60.7 Å². The molecular weight excluding hydrogens is 444 g/mol. The third kappa shape index (κ3) is 5.95. The van der Waals surface area contributed by atoms with Gasteiger partial charge in [-0.2, -0.15) is 0 Å². The first kappa shape index (κ1) is 23.8. The Kier molecular flexibility index (Phi) is 7.26. The van der Waals surface area contributed by atoms with E-state index in [1.165, 1.54) is 6.08 Å². The van der Waals surface area contributed by atoms with E-state index in [1.54, 1.807) is 31.2 Å². The van der Waals surface area contributed by atoms with E-state index in [9.17, 15) is 14.4 Å². The lowest BCUT2D eigenvalue weighted by Gasteiger charge is -2.17. The monoisotopic (exact) mass is 470 g/mol. The Bertz CT molecular complexity index is 1220. The molecule has 0 saturated carbocycles. The first-order valence-corrected chi connectivity index (χ1v) is 11.3. The Morgan fingerprint density at radius 1 is 0.943 bits per heavy atom. The summed E-state index contributed by atoms with van der Waals surface area (Å²) in [6, 6.07) is 22.6. The second kappa shape index (κ2) is 10.7. The molecule has 7 nitrogen and oxygen atoms in total. The van der Waals surface area contributed by atoms with Gasteiger partial charge in [0.15, 0.2) is 0 Å². The minimum Gasteiger partial charge on any atom is -0.478 e. The van der Waals surface area contributed by atoms with Gasteiger partial charge in [0.25, 0.3) is 0 Å². The SMILES string of the molecule is C[C@H](CC(=O)Nc1ccc(/C=C/C(=O)O)cc1)NC(=O)OCC1c2ccccc2-c2ccccc21. The summed E-state index contributed by atoms with van der Waals surface area (Å²) in [5.41, 5.74) is 5.88. The zero-order valence-electron chi connectivity index (χ0n) is 19.2. The second-order valence-electron chi connectivity index (χ2n) is 8.42. The maximum atomic E-state index is 12.4. The molecule has 0 bridgehead atoms. The number of hydrogen-bond acceptors (Lipinski definition) is 4.